The number of amides is 1. The van der Waals surface area contributed by atoms with E-state index in [1.54, 1.807) is 0 Å². The maximum absolute atomic E-state index is 12.4. The molecule has 0 fully saturated rings. The zero-order valence-electron chi connectivity index (χ0n) is 13.2. The van der Waals surface area contributed by atoms with Gasteiger partial charge >= 0.3 is 0 Å². The fourth-order valence-electron chi connectivity index (χ4n) is 2.34. The molecule has 1 amide bonds. The number of aliphatic hydroxyl groups is 1. The quantitative estimate of drug-likeness (QED) is 0.787. The van der Waals surface area contributed by atoms with Gasteiger partial charge in [0.1, 0.15) is 6.61 Å². The summed E-state index contributed by atoms with van der Waals surface area (Å²) in [5.74, 6) is 5.66. The van der Waals surface area contributed by atoms with E-state index in [9.17, 15) is 4.79 Å². The Kier molecular flexibility index (Phi) is 7.56. The average molecular weight is 287 g/mol. The minimum atomic E-state index is -0.185. The predicted molar refractivity (Wildman–Crippen MR) is 87.1 cm³/mol. The summed E-state index contributed by atoms with van der Waals surface area (Å²) in [6.07, 6.45) is 3.82. The molecule has 0 unspecified atom stereocenters. The van der Waals surface area contributed by atoms with Gasteiger partial charge in [0.05, 0.1) is 5.69 Å². The standard InChI is InChI=1S/C18H25NO2/c1-4-7-15(8-5-2)18(21)19-17-11-10-14(3)13-16(17)9-6-12-20/h10-11,13,15,20H,4-5,7-8,12H2,1-3H3,(H,19,21). The summed E-state index contributed by atoms with van der Waals surface area (Å²) in [4.78, 5) is 12.4. The Hall–Kier alpha value is -1.79. The molecule has 0 aliphatic rings. The van der Waals surface area contributed by atoms with Gasteiger partial charge in [-0.05, 0) is 37.5 Å². The number of nitrogens with one attached hydrogen (secondary N) is 1. The number of aliphatic hydroxyl groups excluding tert-OH is 1. The van der Waals surface area contributed by atoms with Crippen LogP contribution in [-0.4, -0.2) is 17.6 Å². The Bertz CT molecular complexity index is 520. The van der Waals surface area contributed by atoms with Crippen LogP contribution in [0.15, 0.2) is 18.2 Å². The van der Waals surface area contributed by atoms with E-state index in [-0.39, 0.29) is 18.4 Å². The summed E-state index contributed by atoms with van der Waals surface area (Å²) in [5.41, 5.74) is 2.56. The first-order valence-electron chi connectivity index (χ1n) is 7.63. The largest absolute Gasteiger partial charge is 0.384 e. The summed E-state index contributed by atoms with van der Waals surface area (Å²) in [6, 6.07) is 5.75. The molecule has 0 saturated heterocycles. The maximum atomic E-state index is 12.4. The molecular weight excluding hydrogens is 262 g/mol. The third kappa shape index (κ3) is 5.61. The molecule has 0 saturated carbocycles. The van der Waals surface area contributed by atoms with Crippen molar-refractivity contribution in [3.63, 3.8) is 0 Å². The zero-order valence-corrected chi connectivity index (χ0v) is 13.2. The van der Waals surface area contributed by atoms with E-state index >= 15 is 0 Å². The fraction of sp³-hybridized carbons (Fsp3) is 0.500. The van der Waals surface area contributed by atoms with E-state index in [2.05, 4.69) is 31.0 Å². The van der Waals surface area contributed by atoms with Gasteiger partial charge in [0.2, 0.25) is 5.91 Å². The van der Waals surface area contributed by atoms with Crippen LogP contribution in [0.2, 0.25) is 0 Å². The van der Waals surface area contributed by atoms with Gasteiger partial charge < -0.3 is 10.4 Å². The van der Waals surface area contributed by atoms with Crippen molar-refractivity contribution in [3.05, 3.63) is 29.3 Å². The van der Waals surface area contributed by atoms with E-state index in [4.69, 9.17) is 5.11 Å². The van der Waals surface area contributed by atoms with Crippen molar-refractivity contribution in [1.82, 2.24) is 0 Å². The number of hydrogen-bond donors (Lipinski definition) is 2. The molecule has 0 atom stereocenters. The number of anilines is 1. The SMILES string of the molecule is CCCC(CCC)C(=O)Nc1ccc(C)cc1C#CCO. The Balaban J connectivity index is 2.92. The lowest BCUT2D eigenvalue weighted by Gasteiger charge is -2.16. The average Bonchev–Trinajstić information content (AvgIpc) is 2.47. The van der Waals surface area contributed by atoms with Crippen molar-refractivity contribution in [2.24, 2.45) is 5.92 Å². The second-order valence-corrected chi connectivity index (χ2v) is 5.27. The van der Waals surface area contributed by atoms with Gasteiger partial charge in [-0.25, -0.2) is 0 Å². The van der Waals surface area contributed by atoms with E-state index in [0.29, 0.717) is 0 Å². The lowest BCUT2D eigenvalue weighted by atomic mass is 9.97. The number of benzene rings is 1. The van der Waals surface area contributed by atoms with E-state index < -0.39 is 0 Å². The Morgan fingerprint density at radius 2 is 1.95 bits per heavy atom. The summed E-state index contributed by atoms with van der Waals surface area (Å²) < 4.78 is 0. The van der Waals surface area contributed by atoms with Gasteiger partial charge in [0, 0.05) is 11.5 Å². The molecule has 3 heteroatoms. The molecule has 0 spiro atoms. The highest BCUT2D eigenvalue weighted by atomic mass is 16.2. The monoisotopic (exact) mass is 287 g/mol. The Morgan fingerprint density at radius 3 is 2.52 bits per heavy atom. The third-order valence-electron chi connectivity index (χ3n) is 3.38. The highest BCUT2D eigenvalue weighted by Gasteiger charge is 2.17. The zero-order chi connectivity index (χ0) is 15.7. The molecule has 0 aliphatic heterocycles. The molecule has 114 valence electrons. The van der Waals surface area contributed by atoms with E-state index in [0.717, 1.165) is 42.5 Å². The molecule has 0 aliphatic carbocycles. The Labute approximate surface area is 127 Å². The molecule has 2 N–H and O–H groups in total. The molecule has 21 heavy (non-hydrogen) atoms. The topological polar surface area (TPSA) is 49.3 Å². The minimum absolute atomic E-state index is 0.0555. The molecule has 3 nitrogen and oxygen atoms in total. The normalized spacial score (nSPS) is 10.1. The van der Waals surface area contributed by atoms with Gasteiger partial charge in [0.15, 0.2) is 0 Å². The van der Waals surface area contributed by atoms with Crippen molar-refractivity contribution in [2.45, 2.75) is 46.5 Å². The van der Waals surface area contributed by atoms with Crippen molar-refractivity contribution < 1.29 is 9.90 Å². The molecule has 0 radical (unpaired) electrons. The summed E-state index contributed by atoms with van der Waals surface area (Å²) in [6.45, 7) is 5.99. The number of aryl methyl sites for hydroxylation is 1. The van der Waals surface area contributed by atoms with Crippen molar-refractivity contribution in [1.29, 1.82) is 0 Å². The molecule has 0 aromatic heterocycles. The molecule has 1 aromatic rings. The second kappa shape index (κ2) is 9.20. The van der Waals surface area contributed by atoms with Crippen LogP contribution in [0.3, 0.4) is 0 Å². The maximum Gasteiger partial charge on any atom is 0.227 e. The van der Waals surface area contributed by atoms with E-state index in [1.807, 2.05) is 25.1 Å². The highest BCUT2D eigenvalue weighted by Crippen LogP contribution is 2.20. The first kappa shape index (κ1) is 17.3. The van der Waals surface area contributed by atoms with E-state index in [1.165, 1.54) is 0 Å². The number of rotatable bonds is 6. The molecule has 1 aromatic carbocycles. The van der Waals surface area contributed by atoms with Crippen LogP contribution in [0.25, 0.3) is 0 Å². The third-order valence-corrected chi connectivity index (χ3v) is 3.38. The second-order valence-electron chi connectivity index (χ2n) is 5.27. The smallest absolute Gasteiger partial charge is 0.227 e. The number of carbonyl (C=O) groups excluding carboxylic acids is 1. The summed E-state index contributed by atoms with van der Waals surface area (Å²) in [5, 5.41) is 11.8. The first-order chi connectivity index (χ1) is 10.1. The van der Waals surface area contributed by atoms with Gasteiger partial charge in [-0.1, -0.05) is 44.6 Å². The lowest BCUT2D eigenvalue weighted by Crippen LogP contribution is -2.23. The number of hydrogen-bond acceptors (Lipinski definition) is 2. The first-order valence-corrected chi connectivity index (χ1v) is 7.63. The van der Waals surface area contributed by atoms with Crippen LogP contribution in [0, 0.1) is 24.7 Å². The minimum Gasteiger partial charge on any atom is -0.384 e. The molecule has 0 heterocycles. The van der Waals surface area contributed by atoms with Crippen LogP contribution in [0.1, 0.15) is 50.7 Å². The van der Waals surface area contributed by atoms with Gasteiger partial charge in [0.25, 0.3) is 0 Å². The van der Waals surface area contributed by atoms with Crippen LogP contribution in [-0.2, 0) is 4.79 Å². The van der Waals surface area contributed by atoms with Crippen LogP contribution >= 0.6 is 0 Å². The highest BCUT2D eigenvalue weighted by molar-refractivity contribution is 5.93. The van der Waals surface area contributed by atoms with Crippen LogP contribution in [0.4, 0.5) is 5.69 Å². The summed E-state index contributed by atoms with van der Waals surface area (Å²) in [7, 11) is 0. The van der Waals surface area contributed by atoms with Gasteiger partial charge in [-0.2, -0.15) is 0 Å². The summed E-state index contributed by atoms with van der Waals surface area (Å²) >= 11 is 0. The lowest BCUT2D eigenvalue weighted by molar-refractivity contribution is -0.120. The van der Waals surface area contributed by atoms with Crippen molar-refractivity contribution in [3.8, 4) is 11.8 Å². The molecular formula is C18H25NO2. The van der Waals surface area contributed by atoms with Gasteiger partial charge in [-0.15, -0.1) is 0 Å². The predicted octanol–water partition coefficient (Wildman–Crippen LogP) is 3.49. The van der Waals surface area contributed by atoms with Crippen molar-refractivity contribution >= 4 is 11.6 Å². The number of carbonyl (C=O) groups is 1. The molecule has 1 rings (SSSR count). The van der Waals surface area contributed by atoms with Crippen LogP contribution < -0.4 is 5.32 Å². The van der Waals surface area contributed by atoms with Gasteiger partial charge in [-0.3, -0.25) is 4.79 Å². The van der Waals surface area contributed by atoms with Crippen LogP contribution in [0.5, 0.6) is 0 Å². The molecule has 0 bridgehead atoms. The fourth-order valence-corrected chi connectivity index (χ4v) is 2.34. The Morgan fingerprint density at radius 1 is 1.29 bits per heavy atom. The van der Waals surface area contributed by atoms with Crippen molar-refractivity contribution in [2.75, 3.05) is 11.9 Å².